The number of hydrogen-bond acceptors (Lipinski definition) is 3. The smallest absolute Gasteiger partial charge is 0.170 e. The number of aldehydes is 1. The fourth-order valence-corrected chi connectivity index (χ4v) is 1.24. The zero-order valence-corrected chi connectivity index (χ0v) is 7.71. The molecule has 0 N–H and O–H groups in total. The van der Waals surface area contributed by atoms with E-state index in [1.165, 1.54) is 0 Å². The van der Waals surface area contributed by atoms with E-state index in [-0.39, 0.29) is 0 Å². The van der Waals surface area contributed by atoms with E-state index >= 15 is 0 Å². The monoisotopic (exact) mass is 187 g/mol. The molecule has 2 rings (SSSR count). The SMILES string of the molecule is Cc1ccn(-c2cccnc2C=O)n1. The standard InChI is InChI=1S/C10H9N3O/c1-8-4-6-13(12-8)10-3-2-5-11-9(10)7-14/h2-7H,1H3. The van der Waals surface area contributed by atoms with Crippen molar-refractivity contribution in [1.82, 2.24) is 14.8 Å². The van der Waals surface area contributed by atoms with Crippen LogP contribution in [-0.2, 0) is 0 Å². The molecule has 0 aromatic carbocycles. The van der Waals surface area contributed by atoms with E-state index in [0.717, 1.165) is 12.0 Å². The largest absolute Gasteiger partial charge is 0.296 e. The maximum Gasteiger partial charge on any atom is 0.170 e. The van der Waals surface area contributed by atoms with Crippen LogP contribution in [0.5, 0.6) is 0 Å². The van der Waals surface area contributed by atoms with Crippen LogP contribution in [-0.4, -0.2) is 21.1 Å². The molecule has 2 heterocycles. The summed E-state index contributed by atoms with van der Waals surface area (Å²) in [6.07, 6.45) is 4.12. The average molecular weight is 187 g/mol. The molecular formula is C10H9N3O. The molecular weight excluding hydrogens is 178 g/mol. The second-order valence-electron chi connectivity index (χ2n) is 2.93. The minimum atomic E-state index is 0.399. The lowest BCUT2D eigenvalue weighted by Crippen LogP contribution is -2.01. The van der Waals surface area contributed by atoms with Gasteiger partial charge in [-0.1, -0.05) is 0 Å². The van der Waals surface area contributed by atoms with E-state index in [1.807, 2.05) is 19.1 Å². The van der Waals surface area contributed by atoms with Gasteiger partial charge in [0.05, 0.1) is 11.4 Å². The highest BCUT2D eigenvalue weighted by atomic mass is 16.1. The summed E-state index contributed by atoms with van der Waals surface area (Å²) < 4.78 is 1.64. The van der Waals surface area contributed by atoms with Crippen molar-refractivity contribution < 1.29 is 4.79 Å². The number of nitrogens with zero attached hydrogens (tertiary/aromatic N) is 3. The maximum atomic E-state index is 10.7. The van der Waals surface area contributed by atoms with E-state index in [1.54, 1.807) is 23.1 Å². The summed E-state index contributed by atoms with van der Waals surface area (Å²) >= 11 is 0. The molecule has 0 aliphatic rings. The molecule has 0 aliphatic carbocycles. The number of aryl methyl sites for hydroxylation is 1. The van der Waals surface area contributed by atoms with E-state index in [0.29, 0.717) is 11.4 Å². The highest BCUT2D eigenvalue weighted by molar-refractivity contribution is 5.77. The molecule has 2 aromatic rings. The lowest BCUT2D eigenvalue weighted by molar-refractivity contribution is 0.111. The van der Waals surface area contributed by atoms with Crippen molar-refractivity contribution in [1.29, 1.82) is 0 Å². The number of hydrogen-bond donors (Lipinski definition) is 0. The Kier molecular flexibility index (Phi) is 2.10. The number of aromatic nitrogens is 3. The Hall–Kier alpha value is -1.97. The molecule has 14 heavy (non-hydrogen) atoms. The first-order valence-electron chi connectivity index (χ1n) is 4.24. The van der Waals surface area contributed by atoms with Gasteiger partial charge in [-0.3, -0.25) is 9.78 Å². The first kappa shape index (κ1) is 8.62. The molecule has 0 spiro atoms. The lowest BCUT2D eigenvalue weighted by Gasteiger charge is -2.02. The summed E-state index contributed by atoms with van der Waals surface area (Å²) in [4.78, 5) is 14.7. The first-order chi connectivity index (χ1) is 6.81. The number of carbonyl (C=O) groups is 1. The van der Waals surface area contributed by atoms with Crippen LogP contribution in [0.2, 0.25) is 0 Å². The molecule has 0 saturated heterocycles. The van der Waals surface area contributed by atoms with Crippen molar-refractivity contribution in [2.75, 3.05) is 0 Å². The van der Waals surface area contributed by atoms with Gasteiger partial charge in [0.25, 0.3) is 0 Å². The van der Waals surface area contributed by atoms with E-state index in [2.05, 4.69) is 10.1 Å². The molecule has 0 radical (unpaired) electrons. The Labute approximate surface area is 81.2 Å². The Morgan fingerprint density at radius 2 is 2.29 bits per heavy atom. The Morgan fingerprint density at radius 3 is 2.93 bits per heavy atom. The van der Waals surface area contributed by atoms with Crippen LogP contribution in [0.3, 0.4) is 0 Å². The summed E-state index contributed by atoms with van der Waals surface area (Å²) in [5.41, 5.74) is 2.01. The summed E-state index contributed by atoms with van der Waals surface area (Å²) in [5, 5.41) is 4.21. The van der Waals surface area contributed by atoms with Crippen LogP contribution in [0.25, 0.3) is 5.69 Å². The van der Waals surface area contributed by atoms with Gasteiger partial charge in [0.15, 0.2) is 6.29 Å². The van der Waals surface area contributed by atoms with Crippen LogP contribution < -0.4 is 0 Å². The molecule has 2 aromatic heterocycles. The van der Waals surface area contributed by atoms with Gasteiger partial charge in [-0.15, -0.1) is 0 Å². The summed E-state index contributed by atoms with van der Waals surface area (Å²) in [7, 11) is 0. The quantitative estimate of drug-likeness (QED) is 0.667. The van der Waals surface area contributed by atoms with E-state index < -0.39 is 0 Å². The van der Waals surface area contributed by atoms with E-state index in [4.69, 9.17) is 0 Å². The summed E-state index contributed by atoms with van der Waals surface area (Å²) in [5.74, 6) is 0. The number of pyridine rings is 1. The number of carbonyl (C=O) groups excluding carboxylic acids is 1. The summed E-state index contributed by atoms with van der Waals surface area (Å²) in [6, 6.07) is 5.46. The zero-order chi connectivity index (χ0) is 9.97. The molecule has 0 unspecified atom stereocenters. The minimum Gasteiger partial charge on any atom is -0.296 e. The zero-order valence-electron chi connectivity index (χ0n) is 7.71. The normalized spacial score (nSPS) is 10.1. The van der Waals surface area contributed by atoms with Crippen LogP contribution in [0.4, 0.5) is 0 Å². The van der Waals surface area contributed by atoms with Gasteiger partial charge < -0.3 is 0 Å². The third kappa shape index (κ3) is 1.42. The molecule has 0 amide bonds. The van der Waals surface area contributed by atoms with Crippen LogP contribution in [0.1, 0.15) is 16.2 Å². The lowest BCUT2D eigenvalue weighted by atomic mass is 10.3. The predicted molar refractivity (Wildman–Crippen MR) is 51.5 cm³/mol. The Morgan fingerprint density at radius 1 is 1.43 bits per heavy atom. The highest BCUT2D eigenvalue weighted by Gasteiger charge is 2.04. The van der Waals surface area contributed by atoms with Crippen molar-refractivity contribution in [2.45, 2.75) is 6.92 Å². The van der Waals surface area contributed by atoms with Crippen molar-refractivity contribution in [3.63, 3.8) is 0 Å². The maximum absolute atomic E-state index is 10.7. The van der Waals surface area contributed by atoms with Gasteiger partial charge in [-0.2, -0.15) is 5.10 Å². The molecule has 0 atom stereocenters. The highest BCUT2D eigenvalue weighted by Crippen LogP contribution is 2.09. The second-order valence-corrected chi connectivity index (χ2v) is 2.93. The average Bonchev–Trinajstić information content (AvgIpc) is 2.65. The third-order valence-corrected chi connectivity index (χ3v) is 1.90. The van der Waals surface area contributed by atoms with E-state index in [9.17, 15) is 4.79 Å². The second kappa shape index (κ2) is 3.41. The molecule has 0 bridgehead atoms. The van der Waals surface area contributed by atoms with Crippen molar-refractivity contribution in [2.24, 2.45) is 0 Å². The van der Waals surface area contributed by atoms with Gasteiger partial charge in [0.1, 0.15) is 5.69 Å². The Bertz CT molecular complexity index is 462. The number of rotatable bonds is 2. The molecule has 4 heteroatoms. The van der Waals surface area contributed by atoms with Crippen molar-refractivity contribution >= 4 is 6.29 Å². The van der Waals surface area contributed by atoms with Gasteiger partial charge in [0, 0.05) is 12.4 Å². The molecule has 4 nitrogen and oxygen atoms in total. The van der Waals surface area contributed by atoms with Gasteiger partial charge in [-0.25, -0.2) is 4.68 Å². The molecule has 0 fully saturated rings. The van der Waals surface area contributed by atoms with Crippen LogP contribution in [0.15, 0.2) is 30.6 Å². The van der Waals surface area contributed by atoms with Gasteiger partial charge in [0.2, 0.25) is 0 Å². The van der Waals surface area contributed by atoms with Gasteiger partial charge >= 0.3 is 0 Å². The predicted octanol–water partition coefficient (Wildman–Crippen LogP) is 1.39. The molecule has 0 saturated carbocycles. The molecule has 0 aliphatic heterocycles. The first-order valence-corrected chi connectivity index (χ1v) is 4.24. The third-order valence-electron chi connectivity index (χ3n) is 1.90. The van der Waals surface area contributed by atoms with Crippen molar-refractivity contribution in [3.8, 4) is 5.69 Å². The topological polar surface area (TPSA) is 47.8 Å². The van der Waals surface area contributed by atoms with Crippen LogP contribution >= 0.6 is 0 Å². The van der Waals surface area contributed by atoms with Gasteiger partial charge in [-0.05, 0) is 25.1 Å². The fraction of sp³-hybridized carbons (Fsp3) is 0.100. The summed E-state index contributed by atoms with van der Waals surface area (Å²) in [6.45, 7) is 1.90. The minimum absolute atomic E-state index is 0.399. The van der Waals surface area contributed by atoms with Crippen LogP contribution in [0, 0.1) is 6.92 Å². The Balaban J connectivity index is 2.55. The molecule has 70 valence electrons. The fourth-order valence-electron chi connectivity index (χ4n) is 1.24. The van der Waals surface area contributed by atoms with Crippen molar-refractivity contribution in [3.05, 3.63) is 42.0 Å².